The third-order valence-electron chi connectivity index (χ3n) is 4.47. The van der Waals surface area contributed by atoms with Crippen LogP contribution in [-0.2, 0) is 9.59 Å². The van der Waals surface area contributed by atoms with E-state index in [1.165, 1.54) is 37.1 Å². The van der Waals surface area contributed by atoms with Crippen molar-refractivity contribution in [2.45, 2.75) is 20.0 Å². The molecule has 2 amide bonds. The molecule has 0 saturated heterocycles. The van der Waals surface area contributed by atoms with Gasteiger partial charge in [-0.25, -0.2) is 4.79 Å². The monoisotopic (exact) mass is 418 g/mol. The zero-order valence-corrected chi connectivity index (χ0v) is 16.7. The van der Waals surface area contributed by atoms with Crippen molar-refractivity contribution in [3.8, 4) is 11.5 Å². The molecule has 0 fully saturated rings. The number of rotatable bonds is 5. The third kappa shape index (κ3) is 4.12. The summed E-state index contributed by atoms with van der Waals surface area (Å²) in [7, 11) is 1.46. The Labute approximate surface area is 172 Å². The van der Waals surface area contributed by atoms with Crippen LogP contribution in [-0.4, -0.2) is 42.6 Å². The largest absolute Gasteiger partial charge is 0.495 e. The summed E-state index contributed by atoms with van der Waals surface area (Å²) in [6.07, 6.45) is -0.855. The fourth-order valence-corrected chi connectivity index (χ4v) is 3.12. The van der Waals surface area contributed by atoms with Gasteiger partial charge in [-0.2, -0.15) is 0 Å². The summed E-state index contributed by atoms with van der Waals surface area (Å²) < 4.78 is 10.8. The predicted molar refractivity (Wildman–Crippen MR) is 107 cm³/mol. The molecule has 2 aromatic rings. The highest BCUT2D eigenvalue weighted by Gasteiger charge is 2.33. The molecule has 29 heavy (non-hydrogen) atoms. The molecule has 0 aromatic heterocycles. The molecule has 8 nitrogen and oxygen atoms in total. The molecule has 1 atom stereocenters. The van der Waals surface area contributed by atoms with Crippen molar-refractivity contribution in [3.05, 3.63) is 46.5 Å². The summed E-state index contributed by atoms with van der Waals surface area (Å²) in [6.45, 7) is 3.05. The van der Waals surface area contributed by atoms with Gasteiger partial charge in [0.25, 0.3) is 5.91 Å². The standard InChI is InChI=1S/C20H19ClN2O6/c1-10-6-14(16(28-3)8-13(10)21)22-18(24)9-23-15-5-4-12(20(26)27)7-17(15)29-11(2)19(23)25/h4-8,11H,9H2,1-3H3,(H,22,24)(H,26,27). The van der Waals surface area contributed by atoms with Crippen LogP contribution in [0.15, 0.2) is 30.3 Å². The number of fused-ring (bicyclic) bond motifs is 1. The van der Waals surface area contributed by atoms with E-state index < -0.39 is 23.9 Å². The fourth-order valence-electron chi connectivity index (χ4n) is 2.97. The second-order valence-electron chi connectivity index (χ2n) is 6.52. The highest BCUT2D eigenvalue weighted by atomic mass is 35.5. The van der Waals surface area contributed by atoms with Gasteiger partial charge in [-0.05, 0) is 43.7 Å². The molecule has 0 saturated carbocycles. The Kier molecular flexibility index (Phi) is 5.65. The summed E-state index contributed by atoms with van der Waals surface area (Å²) in [5.74, 6) is -1.36. The normalized spacial score (nSPS) is 15.4. The van der Waals surface area contributed by atoms with Crippen LogP contribution in [0, 0.1) is 6.92 Å². The zero-order chi connectivity index (χ0) is 21.3. The van der Waals surface area contributed by atoms with E-state index >= 15 is 0 Å². The van der Waals surface area contributed by atoms with Crippen molar-refractivity contribution in [1.29, 1.82) is 0 Å². The second-order valence-corrected chi connectivity index (χ2v) is 6.93. The number of benzene rings is 2. The number of carbonyl (C=O) groups excluding carboxylic acids is 2. The van der Waals surface area contributed by atoms with Gasteiger partial charge in [-0.15, -0.1) is 0 Å². The number of anilines is 2. The maximum Gasteiger partial charge on any atom is 0.335 e. The Morgan fingerprint density at radius 1 is 1.31 bits per heavy atom. The lowest BCUT2D eigenvalue weighted by Crippen LogP contribution is -2.47. The van der Waals surface area contributed by atoms with E-state index in [0.29, 0.717) is 22.1 Å². The number of hydrogen-bond acceptors (Lipinski definition) is 5. The van der Waals surface area contributed by atoms with E-state index in [1.807, 2.05) is 0 Å². The van der Waals surface area contributed by atoms with Crippen LogP contribution in [0.4, 0.5) is 11.4 Å². The summed E-state index contributed by atoms with van der Waals surface area (Å²) in [5, 5.41) is 12.4. The van der Waals surface area contributed by atoms with Crippen LogP contribution in [0.3, 0.4) is 0 Å². The fraction of sp³-hybridized carbons (Fsp3) is 0.250. The molecule has 2 N–H and O–H groups in total. The molecular formula is C20H19ClN2O6. The van der Waals surface area contributed by atoms with Crippen molar-refractivity contribution in [3.63, 3.8) is 0 Å². The summed E-state index contributed by atoms with van der Waals surface area (Å²) >= 11 is 6.08. The minimum Gasteiger partial charge on any atom is -0.495 e. The molecule has 1 unspecified atom stereocenters. The van der Waals surface area contributed by atoms with Crippen molar-refractivity contribution in [2.24, 2.45) is 0 Å². The number of carbonyl (C=O) groups is 3. The molecule has 1 aliphatic heterocycles. The first kappa shape index (κ1) is 20.5. The first-order valence-electron chi connectivity index (χ1n) is 8.70. The van der Waals surface area contributed by atoms with Crippen molar-refractivity contribution >= 4 is 40.8 Å². The number of nitrogens with one attached hydrogen (secondary N) is 1. The van der Waals surface area contributed by atoms with Crippen molar-refractivity contribution < 1.29 is 29.0 Å². The first-order chi connectivity index (χ1) is 13.7. The van der Waals surface area contributed by atoms with Gasteiger partial charge in [0.05, 0.1) is 24.0 Å². The maximum atomic E-state index is 12.7. The number of carboxylic acid groups (broad SMARTS) is 1. The molecule has 152 valence electrons. The van der Waals surface area contributed by atoms with Gasteiger partial charge in [-0.1, -0.05) is 11.6 Å². The maximum absolute atomic E-state index is 12.7. The Morgan fingerprint density at radius 2 is 2.03 bits per heavy atom. The lowest BCUT2D eigenvalue weighted by molar-refractivity contribution is -0.127. The third-order valence-corrected chi connectivity index (χ3v) is 4.88. The molecule has 1 heterocycles. The van der Waals surface area contributed by atoms with E-state index in [1.54, 1.807) is 19.1 Å². The number of ether oxygens (including phenoxy) is 2. The minimum atomic E-state index is -1.12. The van der Waals surface area contributed by atoms with Crippen molar-refractivity contribution in [2.75, 3.05) is 23.9 Å². The number of hydrogen-bond donors (Lipinski definition) is 2. The lowest BCUT2D eigenvalue weighted by Gasteiger charge is -2.32. The second kappa shape index (κ2) is 8.00. The van der Waals surface area contributed by atoms with E-state index in [4.69, 9.17) is 26.2 Å². The molecule has 9 heteroatoms. The number of nitrogens with zero attached hydrogens (tertiary/aromatic N) is 1. The first-order valence-corrected chi connectivity index (χ1v) is 9.08. The summed E-state index contributed by atoms with van der Waals surface area (Å²) in [4.78, 5) is 37.7. The molecule has 0 radical (unpaired) electrons. The molecule has 3 rings (SSSR count). The Morgan fingerprint density at radius 3 is 2.69 bits per heavy atom. The van der Waals surface area contributed by atoms with Crippen LogP contribution in [0.2, 0.25) is 5.02 Å². The van der Waals surface area contributed by atoms with Crippen LogP contribution in [0.5, 0.6) is 11.5 Å². The van der Waals surface area contributed by atoms with E-state index in [2.05, 4.69) is 5.32 Å². The molecule has 0 bridgehead atoms. The lowest BCUT2D eigenvalue weighted by atomic mass is 10.1. The average molecular weight is 419 g/mol. The number of aryl methyl sites for hydroxylation is 1. The van der Waals surface area contributed by atoms with Crippen LogP contribution >= 0.6 is 11.6 Å². The number of carboxylic acids is 1. The van der Waals surface area contributed by atoms with Gasteiger partial charge in [-0.3, -0.25) is 14.5 Å². The molecule has 0 aliphatic carbocycles. The Bertz CT molecular complexity index is 1010. The number of methoxy groups -OCH3 is 1. The average Bonchev–Trinajstić information content (AvgIpc) is 2.67. The molecule has 0 spiro atoms. The molecular weight excluding hydrogens is 400 g/mol. The molecule has 2 aromatic carbocycles. The van der Waals surface area contributed by atoms with E-state index in [9.17, 15) is 14.4 Å². The zero-order valence-electron chi connectivity index (χ0n) is 16.0. The van der Waals surface area contributed by atoms with Crippen molar-refractivity contribution in [1.82, 2.24) is 0 Å². The van der Waals surface area contributed by atoms with Gasteiger partial charge in [0, 0.05) is 11.1 Å². The SMILES string of the molecule is COc1cc(Cl)c(C)cc1NC(=O)CN1C(=O)C(C)Oc2cc(C(=O)O)ccc21. The van der Waals surface area contributed by atoms with Crippen LogP contribution < -0.4 is 19.7 Å². The van der Waals surface area contributed by atoms with Gasteiger partial charge in [0.15, 0.2) is 6.10 Å². The highest BCUT2D eigenvalue weighted by Crippen LogP contribution is 2.35. The predicted octanol–water partition coefficient (Wildman–Crippen LogP) is 3.11. The van der Waals surface area contributed by atoms with Gasteiger partial charge in [0.1, 0.15) is 18.0 Å². The van der Waals surface area contributed by atoms with Gasteiger partial charge in [0.2, 0.25) is 5.91 Å². The summed E-state index contributed by atoms with van der Waals surface area (Å²) in [5.41, 5.74) is 1.53. The van der Waals surface area contributed by atoms with Gasteiger partial charge >= 0.3 is 5.97 Å². The van der Waals surface area contributed by atoms with Crippen LogP contribution in [0.1, 0.15) is 22.8 Å². The topological polar surface area (TPSA) is 105 Å². The minimum absolute atomic E-state index is 0.0241. The van der Waals surface area contributed by atoms with E-state index in [-0.39, 0.29) is 17.9 Å². The molecule has 1 aliphatic rings. The number of halogens is 1. The highest BCUT2D eigenvalue weighted by molar-refractivity contribution is 6.31. The number of aromatic carboxylic acids is 1. The number of amides is 2. The summed E-state index contributed by atoms with van der Waals surface area (Å²) in [6, 6.07) is 7.40. The smallest absolute Gasteiger partial charge is 0.335 e. The quantitative estimate of drug-likeness (QED) is 0.773. The Balaban J connectivity index is 1.86. The van der Waals surface area contributed by atoms with Gasteiger partial charge < -0.3 is 19.9 Å². The van der Waals surface area contributed by atoms with Crippen LogP contribution in [0.25, 0.3) is 0 Å². The Hall–Kier alpha value is -3.26. The van der Waals surface area contributed by atoms with E-state index in [0.717, 1.165) is 5.56 Å².